The normalized spacial score (nSPS) is 18.2. The van der Waals surface area contributed by atoms with E-state index in [2.05, 4.69) is 10.1 Å². The molecule has 4 rings (SSSR count). The van der Waals surface area contributed by atoms with E-state index < -0.39 is 10.0 Å². The first kappa shape index (κ1) is 16.9. The summed E-state index contributed by atoms with van der Waals surface area (Å²) in [5, 5.41) is 4.04. The standard InChI is InChI=1S/C19H19N3O3S/c23-26(24,17-11-5-2-6-12-17)22-13-7-10-16(22)14-18-20-19(25-21-18)15-8-3-1-4-9-15/h1-6,8-9,11-12,16H,7,10,13-14H2. The van der Waals surface area contributed by atoms with Crippen molar-refractivity contribution < 1.29 is 12.9 Å². The lowest BCUT2D eigenvalue weighted by Crippen LogP contribution is -2.37. The number of hydrogen-bond donors (Lipinski definition) is 0. The highest BCUT2D eigenvalue weighted by molar-refractivity contribution is 7.89. The second kappa shape index (κ2) is 7.01. The van der Waals surface area contributed by atoms with Crippen molar-refractivity contribution in [3.05, 3.63) is 66.5 Å². The van der Waals surface area contributed by atoms with Crippen molar-refractivity contribution in [2.45, 2.75) is 30.2 Å². The molecule has 0 bridgehead atoms. The van der Waals surface area contributed by atoms with Crippen molar-refractivity contribution in [2.24, 2.45) is 0 Å². The SMILES string of the molecule is O=S(=O)(c1ccccc1)N1CCCC1Cc1noc(-c2ccccc2)n1. The lowest BCUT2D eigenvalue weighted by atomic mass is 10.1. The second-order valence-corrected chi connectivity index (χ2v) is 8.20. The summed E-state index contributed by atoms with van der Waals surface area (Å²) >= 11 is 0. The van der Waals surface area contributed by atoms with Crippen LogP contribution in [0.25, 0.3) is 11.5 Å². The van der Waals surface area contributed by atoms with E-state index in [0.717, 1.165) is 18.4 Å². The van der Waals surface area contributed by atoms with Crippen LogP contribution in [0.2, 0.25) is 0 Å². The summed E-state index contributed by atoms with van der Waals surface area (Å²) in [6.07, 6.45) is 2.07. The van der Waals surface area contributed by atoms with Crippen LogP contribution in [0.4, 0.5) is 0 Å². The minimum absolute atomic E-state index is 0.151. The largest absolute Gasteiger partial charge is 0.334 e. The first-order valence-electron chi connectivity index (χ1n) is 8.59. The van der Waals surface area contributed by atoms with Crippen molar-refractivity contribution in [2.75, 3.05) is 6.54 Å². The van der Waals surface area contributed by atoms with Gasteiger partial charge in [-0.1, -0.05) is 41.6 Å². The molecule has 1 unspecified atom stereocenters. The van der Waals surface area contributed by atoms with Gasteiger partial charge in [-0.05, 0) is 37.1 Å². The molecule has 2 heterocycles. The average molecular weight is 369 g/mol. The second-order valence-electron chi connectivity index (χ2n) is 6.31. The van der Waals surface area contributed by atoms with E-state index in [1.54, 1.807) is 28.6 Å². The summed E-state index contributed by atoms with van der Waals surface area (Å²) in [4.78, 5) is 4.76. The lowest BCUT2D eigenvalue weighted by molar-refractivity contribution is 0.370. The van der Waals surface area contributed by atoms with Crippen molar-refractivity contribution in [1.82, 2.24) is 14.4 Å². The Labute approximate surface area is 152 Å². The van der Waals surface area contributed by atoms with Crippen molar-refractivity contribution in [3.63, 3.8) is 0 Å². The van der Waals surface area contributed by atoms with Gasteiger partial charge in [0.2, 0.25) is 10.0 Å². The summed E-state index contributed by atoms with van der Waals surface area (Å²) in [5.41, 5.74) is 0.853. The van der Waals surface area contributed by atoms with E-state index in [1.807, 2.05) is 36.4 Å². The average Bonchev–Trinajstić information content (AvgIpc) is 3.33. The molecule has 1 aliphatic heterocycles. The molecule has 0 spiro atoms. The number of benzene rings is 2. The van der Waals surface area contributed by atoms with Gasteiger partial charge in [0.15, 0.2) is 5.82 Å². The molecule has 0 N–H and O–H groups in total. The zero-order chi connectivity index (χ0) is 18.0. The third-order valence-electron chi connectivity index (χ3n) is 4.58. The number of sulfonamides is 1. The van der Waals surface area contributed by atoms with Gasteiger partial charge < -0.3 is 4.52 Å². The highest BCUT2D eigenvalue weighted by Crippen LogP contribution is 2.28. The van der Waals surface area contributed by atoms with E-state index in [9.17, 15) is 8.42 Å². The fourth-order valence-corrected chi connectivity index (χ4v) is 5.02. The van der Waals surface area contributed by atoms with Crippen molar-refractivity contribution in [3.8, 4) is 11.5 Å². The molecular weight excluding hydrogens is 350 g/mol. The number of aromatic nitrogens is 2. The van der Waals surface area contributed by atoms with Crippen molar-refractivity contribution >= 4 is 10.0 Å². The van der Waals surface area contributed by atoms with Crippen LogP contribution in [-0.2, 0) is 16.4 Å². The molecular formula is C19H19N3O3S. The molecule has 6 nitrogen and oxygen atoms in total. The topological polar surface area (TPSA) is 76.3 Å². The van der Waals surface area contributed by atoms with Crippen LogP contribution in [0, 0.1) is 0 Å². The van der Waals surface area contributed by atoms with Gasteiger partial charge in [0, 0.05) is 24.6 Å². The molecule has 7 heteroatoms. The van der Waals surface area contributed by atoms with Gasteiger partial charge in [0.05, 0.1) is 4.90 Å². The molecule has 0 amide bonds. The first-order valence-corrected chi connectivity index (χ1v) is 10.0. The van der Waals surface area contributed by atoms with Crippen molar-refractivity contribution in [1.29, 1.82) is 0 Å². The predicted octanol–water partition coefficient (Wildman–Crippen LogP) is 3.13. The monoisotopic (exact) mass is 369 g/mol. The number of rotatable bonds is 5. The Kier molecular flexibility index (Phi) is 4.57. The number of nitrogens with zero attached hydrogens (tertiary/aromatic N) is 3. The van der Waals surface area contributed by atoms with Gasteiger partial charge in [0.1, 0.15) is 0 Å². The lowest BCUT2D eigenvalue weighted by Gasteiger charge is -2.23. The van der Waals surface area contributed by atoms with Gasteiger partial charge in [0.25, 0.3) is 5.89 Å². The molecule has 0 radical (unpaired) electrons. The molecule has 1 aromatic heterocycles. The Morgan fingerprint density at radius 3 is 2.46 bits per heavy atom. The summed E-state index contributed by atoms with van der Waals surface area (Å²) in [6.45, 7) is 0.519. The smallest absolute Gasteiger partial charge is 0.257 e. The highest BCUT2D eigenvalue weighted by atomic mass is 32.2. The van der Waals surface area contributed by atoms with Gasteiger partial charge >= 0.3 is 0 Å². The fraction of sp³-hybridized carbons (Fsp3) is 0.263. The maximum Gasteiger partial charge on any atom is 0.257 e. The molecule has 2 aromatic carbocycles. The molecule has 0 saturated carbocycles. The molecule has 3 aromatic rings. The van der Waals surface area contributed by atoms with Gasteiger partial charge in [-0.15, -0.1) is 0 Å². The summed E-state index contributed by atoms with van der Waals surface area (Å²) in [5.74, 6) is 0.986. The predicted molar refractivity (Wildman–Crippen MR) is 96.8 cm³/mol. The summed E-state index contributed by atoms with van der Waals surface area (Å²) in [6, 6.07) is 17.9. The van der Waals surface area contributed by atoms with Gasteiger partial charge in [-0.2, -0.15) is 9.29 Å². The number of hydrogen-bond acceptors (Lipinski definition) is 5. The quantitative estimate of drug-likeness (QED) is 0.691. The van der Waals surface area contributed by atoms with Gasteiger partial charge in [-0.3, -0.25) is 0 Å². The van der Waals surface area contributed by atoms with E-state index in [4.69, 9.17) is 4.52 Å². The van der Waals surface area contributed by atoms with E-state index in [1.165, 1.54) is 0 Å². The molecule has 26 heavy (non-hydrogen) atoms. The first-order chi connectivity index (χ1) is 12.6. The molecule has 1 fully saturated rings. The third kappa shape index (κ3) is 3.27. The fourth-order valence-electron chi connectivity index (χ4n) is 3.30. The molecule has 0 aliphatic carbocycles. The summed E-state index contributed by atoms with van der Waals surface area (Å²) < 4.78 is 32.8. The Bertz CT molecular complexity index is 972. The Morgan fingerprint density at radius 2 is 1.73 bits per heavy atom. The van der Waals surface area contributed by atoms with Crippen LogP contribution >= 0.6 is 0 Å². The highest BCUT2D eigenvalue weighted by Gasteiger charge is 2.36. The third-order valence-corrected chi connectivity index (χ3v) is 6.55. The van der Waals surface area contributed by atoms with Crippen LogP contribution in [0.3, 0.4) is 0 Å². The Morgan fingerprint density at radius 1 is 1.04 bits per heavy atom. The maximum absolute atomic E-state index is 12.9. The maximum atomic E-state index is 12.9. The zero-order valence-corrected chi connectivity index (χ0v) is 15.0. The van der Waals surface area contributed by atoms with Crippen LogP contribution in [0.5, 0.6) is 0 Å². The van der Waals surface area contributed by atoms with Crippen LogP contribution in [0.15, 0.2) is 70.1 Å². The van der Waals surface area contributed by atoms with Crippen LogP contribution in [0.1, 0.15) is 18.7 Å². The van der Waals surface area contributed by atoms with E-state index >= 15 is 0 Å². The minimum Gasteiger partial charge on any atom is -0.334 e. The Balaban J connectivity index is 1.54. The van der Waals surface area contributed by atoms with E-state index in [-0.39, 0.29) is 6.04 Å². The van der Waals surface area contributed by atoms with Crippen LogP contribution in [-0.4, -0.2) is 35.5 Å². The molecule has 1 atom stereocenters. The molecule has 1 aliphatic rings. The molecule has 1 saturated heterocycles. The van der Waals surface area contributed by atoms with Crippen LogP contribution < -0.4 is 0 Å². The summed E-state index contributed by atoms with van der Waals surface area (Å²) in [7, 11) is -3.51. The van der Waals surface area contributed by atoms with E-state index in [0.29, 0.717) is 29.6 Å². The Hall–Kier alpha value is -2.51. The minimum atomic E-state index is -3.51. The zero-order valence-electron chi connectivity index (χ0n) is 14.2. The molecule has 134 valence electrons. The van der Waals surface area contributed by atoms with Gasteiger partial charge in [-0.25, -0.2) is 8.42 Å².